The molecule has 0 fully saturated rings. The van der Waals surface area contributed by atoms with Crippen LogP contribution in [0.15, 0.2) is 6.20 Å². The Morgan fingerprint density at radius 2 is 2.41 bits per heavy atom. The summed E-state index contributed by atoms with van der Waals surface area (Å²) in [4.78, 5) is 11.4. The van der Waals surface area contributed by atoms with Gasteiger partial charge in [-0.15, -0.1) is 0 Å². The molecule has 0 unspecified atom stereocenters. The fraction of sp³-hybridized carbons (Fsp3) is 0.556. The van der Waals surface area contributed by atoms with Gasteiger partial charge in [-0.3, -0.25) is 9.48 Å². The Labute approximate surface area is 96.7 Å². The van der Waals surface area contributed by atoms with E-state index in [1.165, 1.54) is 10.9 Å². The number of nitrogens with zero attached hydrogens (tertiary/aromatic N) is 2. The molecule has 0 atom stereocenters. The predicted octanol–water partition coefficient (Wildman–Crippen LogP) is 0.613. The summed E-state index contributed by atoms with van der Waals surface area (Å²) in [6.07, 6.45) is -1.13. The zero-order chi connectivity index (χ0) is 12.8. The van der Waals surface area contributed by atoms with Crippen molar-refractivity contribution in [1.82, 2.24) is 9.78 Å². The normalized spacial score (nSPS) is 10.8. The van der Waals surface area contributed by atoms with Crippen LogP contribution in [0.5, 0.6) is 0 Å². The number of carbonyl (C=O) groups is 1. The molecule has 17 heavy (non-hydrogen) atoms. The van der Waals surface area contributed by atoms with Crippen molar-refractivity contribution in [3.05, 3.63) is 6.20 Å². The third-order valence-electron chi connectivity index (χ3n) is 1.94. The number of anilines is 2. The van der Waals surface area contributed by atoms with Gasteiger partial charge >= 0.3 is 0 Å². The third-order valence-corrected chi connectivity index (χ3v) is 1.94. The minimum atomic E-state index is -2.52. The highest BCUT2D eigenvalue weighted by Gasteiger charge is 2.10. The fourth-order valence-electron chi connectivity index (χ4n) is 1.14. The first-order valence-corrected chi connectivity index (χ1v) is 4.94. The summed E-state index contributed by atoms with van der Waals surface area (Å²) in [5.74, 6) is 0.0124. The second-order valence-corrected chi connectivity index (χ2v) is 3.34. The van der Waals surface area contributed by atoms with E-state index in [9.17, 15) is 13.6 Å². The van der Waals surface area contributed by atoms with Crippen LogP contribution in [-0.2, 0) is 16.6 Å². The Bertz CT molecular complexity index is 362. The van der Waals surface area contributed by atoms with Gasteiger partial charge in [0.05, 0.1) is 24.9 Å². The van der Waals surface area contributed by atoms with E-state index >= 15 is 0 Å². The van der Waals surface area contributed by atoms with Gasteiger partial charge in [0, 0.05) is 7.05 Å². The van der Waals surface area contributed by atoms with Crippen LogP contribution in [0.1, 0.15) is 6.42 Å². The van der Waals surface area contributed by atoms with Crippen molar-refractivity contribution >= 4 is 17.4 Å². The van der Waals surface area contributed by atoms with E-state index in [1.807, 2.05) is 0 Å². The summed E-state index contributed by atoms with van der Waals surface area (Å²) >= 11 is 0. The molecule has 3 N–H and O–H groups in total. The second-order valence-electron chi connectivity index (χ2n) is 3.34. The number of alkyl halides is 2. The predicted molar refractivity (Wildman–Crippen MR) is 57.7 cm³/mol. The smallest absolute Gasteiger partial charge is 0.261 e. The lowest BCUT2D eigenvalue weighted by molar-refractivity contribution is -0.117. The maximum Gasteiger partial charge on any atom is 0.261 e. The zero-order valence-electron chi connectivity index (χ0n) is 9.32. The van der Waals surface area contributed by atoms with Crippen LogP contribution < -0.4 is 11.1 Å². The average molecular weight is 248 g/mol. The molecular formula is C9H14F2N4O2. The quantitative estimate of drug-likeness (QED) is 0.723. The van der Waals surface area contributed by atoms with Gasteiger partial charge < -0.3 is 15.8 Å². The van der Waals surface area contributed by atoms with Crippen molar-refractivity contribution in [3.8, 4) is 0 Å². The minimum absolute atomic E-state index is 0.0165. The number of amides is 1. The first-order valence-electron chi connectivity index (χ1n) is 4.94. The SMILES string of the molecule is Cn1ncc(N)c1NC(=O)CCOCC(F)F. The Morgan fingerprint density at radius 1 is 1.71 bits per heavy atom. The van der Waals surface area contributed by atoms with Gasteiger partial charge in [0.1, 0.15) is 6.61 Å². The number of halogens is 2. The van der Waals surface area contributed by atoms with Crippen molar-refractivity contribution < 1.29 is 18.3 Å². The molecule has 0 aliphatic heterocycles. The van der Waals surface area contributed by atoms with Crippen molar-refractivity contribution in [2.75, 3.05) is 24.3 Å². The summed E-state index contributed by atoms with van der Waals surface area (Å²) in [5.41, 5.74) is 5.90. The monoisotopic (exact) mass is 248 g/mol. The van der Waals surface area contributed by atoms with Gasteiger partial charge in [0.2, 0.25) is 5.91 Å². The number of hydrogen-bond donors (Lipinski definition) is 2. The lowest BCUT2D eigenvalue weighted by Crippen LogP contribution is -2.18. The Balaban J connectivity index is 2.30. The summed E-state index contributed by atoms with van der Waals surface area (Å²) in [5, 5.41) is 6.35. The molecule has 0 bridgehead atoms. The van der Waals surface area contributed by atoms with Crippen LogP contribution in [-0.4, -0.2) is 35.3 Å². The van der Waals surface area contributed by atoms with Crippen LogP contribution >= 0.6 is 0 Å². The number of rotatable bonds is 6. The highest BCUT2D eigenvalue weighted by atomic mass is 19.3. The summed E-state index contributed by atoms with van der Waals surface area (Å²) in [6, 6.07) is 0. The largest absolute Gasteiger partial charge is 0.394 e. The third kappa shape index (κ3) is 4.35. The van der Waals surface area contributed by atoms with E-state index in [2.05, 4.69) is 15.2 Å². The van der Waals surface area contributed by atoms with Gasteiger partial charge in [-0.1, -0.05) is 0 Å². The molecule has 0 saturated carbocycles. The second kappa shape index (κ2) is 6.14. The molecule has 1 aromatic heterocycles. The van der Waals surface area contributed by atoms with Crippen LogP contribution in [0.4, 0.5) is 20.3 Å². The lowest BCUT2D eigenvalue weighted by atomic mass is 10.4. The molecule has 1 heterocycles. The number of ether oxygens (including phenoxy) is 1. The van der Waals surface area contributed by atoms with Crippen LogP contribution in [0, 0.1) is 0 Å². The van der Waals surface area contributed by atoms with Crippen LogP contribution in [0.25, 0.3) is 0 Å². The van der Waals surface area contributed by atoms with E-state index in [4.69, 9.17) is 5.73 Å². The number of aromatic nitrogens is 2. The molecule has 8 heteroatoms. The number of nitrogens with one attached hydrogen (secondary N) is 1. The van der Waals surface area contributed by atoms with E-state index in [1.54, 1.807) is 7.05 Å². The molecule has 0 spiro atoms. The van der Waals surface area contributed by atoms with Gasteiger partial charge in [-0.05, 0) is 0 Å². The lowest BCUT2D eigenvalue weighted by Gasteiger charge is -2.06. The molecule has 0 aliphatic rings. The highest BCUT2D eigenvalue weighted by Crippen LogP contribution is 2.15. The number of aryl methyl sites for hydroxylation is 1. The van der Waals surface area contributed by atoms with E-state index in [-0.39, 0.29) is 18.9 Å². The van der Waals surface area contributed by atoms with Crippen molar-refractivity contribution in [3.63, 3.8) is 0 Å². The molecule has 6 nitrogen and oxygen atoms in total. The number of nitrogens with two attached hydrogens (primary N) is 1. The molecule has 0 aliphatic carbocycles. The molecule has 0 aromatic carbocycles. The van der Waals surface area contributed by atoms with E-state index in [0.717, 1.165) is 0 Å². The molecule has 0 saturated heterocycles. The van der Waals surface area contributed by atoms with Crippen molar-refractivity contribution in [2.24, 2.45) is 7.05 Å². The van der Waals surface area contributed by atoms with Crippen LogP contribution in [0.2, 0.25) is 0 Å². The van der Waals surface area contributed by atoms with Gasteiger partial charge in [0.15, 0.2) is 5.82 Å². The summed E-state index contributed by atoms with van der Waals surface area (Å²) < 4.78 is 29.4. The Hall–Kier alpha value is -1.70. The zero-order valence-corrected chi connectivity index (χ0v) is 9.32. The number of hydrogen-bond acceptors (Lipinski definition) is 4. The molecular weight excluding hydrogens is 234 g/mol. The van der Waals surface area contributed by atoms with Gasteiger partial charge in [-0.2, -0.15) is 5.10 Å². The first-order chi connectivity index (χ1) is 8.00. The van der Waals surface area contributed by atoms with E-state index < -0.39 is 13.0 Å². The first kappa shape index (κ1) is 13.4. The maximum atomic E-state index is 11.7. The Morgan fingerprint density at radius 3 is 2.94 bits per heavy atom. The number of carbonyl (C=O) groups excluding carboxylic acids is 1. The molecule has 1 aromatic rings. The maximum absolute atomic E-state index is 11.7. The standard InChI is InChI=1S/C9H14F2N4O2/c1-15-9(6(12)4-13-15)14-8(16)2-3-17-5-7(10)11/h4,7H,2-3,5,12H2,1H3,(H,14,16). The van der Waals surface area contributed by atoms with Gasteiger partial charge in [0.25, 0.3) is 6.43 Å². The highest BCUT2D eigenvalue weighted by molar-refractivity contribution is 5.92. The summed E-state index contributed by atoms with van der Waals surface area (Å²) in [7, 11) is 1.62. The summed E-state index contributed by atoms with van der Waals surface area (Å²) in [6.45, 7) is -0.727. The topological polar surface area (TPSA) is 82.2 Å². The molecule has 96 valence electrons. The molecule has 1 rings (SSSR count). The minimum Gasteiger partial charge on any atom is -0.394 e. The Kier molecular flexibility index (Phi) is 4.83. The number of nitrogen functional groups attached to an aromatic ring is 1. The fourth-order valence-corrected chi connectivity index (χ4v) is 1.14. The van der Waals surface area contributed by atoms with Crippen LogP contribution in [0.3, 0.4) is 0 Å². The van der Waals surface area contributed by atoms with E-state index in [0.29, 0.717) is 11.5 Å². The molecule has 1 amide bonds. The van der Waals surface area contributed by atoms with Gasteiger partial charge in [-0.25, -0.2) is 8.78 Å². The molecule has 0 radical (unpaired) electrons. The average Bonchev–Trinajstić information content (AvgIpc) is 2.56. The van der Waals surface area contributed by atoms with Crippen molar-refractivity contribution in [2.45, 2.75) is 12.8 Å². The van der Waals surface area contributed by atoms with Crippen molar-refractivity contribution in [1.29, 1.82) is 0 Å².